The number of aryl methyl sites for hydroxylation is 2. The summed E-state index contributed by atoms with van der Waals surface area (Å²) < 4.78 is 0. The van der Waals surface area contributed by atoms with Crippen molar-refractivity contribution in [3.63, 3.8) is 0 Å². The van der Waals surface area contributed by atoms with Gasteiger partial charge in [0.1, 0.15) is 34.5 Å². The molecule has 0 amide bonds. The number of aromatic nitrogens is 1. The highest BCUT2D eigenvalue weighted by Crippen LogP contribution is 2.45. The van der Waals surface area contributed by atoms with Gasteiger partial charge in [-0.1, -0.05) is 18.2 Å². The number of phenolic OH excluding ortho intramolecular Hbond substituents is 4. The minimum absolute atomic E-state index is 0. The van der Waals surface area contributed by atoms with E-state index in [2.05, 4.69) is 15.2 Å². The van der Waals surface area contributed by atoms with E-state index in [0.717, 1.165) is 17.8 Å². The summed E-state index contributed by atoms with van der Waals surface area (Å²) >= 11 is 0. The summed E-state index contributed by atoms with van der Waals surface area (Å²) in [6.45, 7) is 2.93. The third kappa shape index (κ3) is 5.29. The predicted molar refractivity (Wildman–Crippen MR) is 147 cm³/mol. The van der Waals surface area contributed by atoms with Crippen molar-refractivity contribution in [3.05, 3.63) is 88.0 Å². The van der Waals surface area contributed by atoms with E-state index in [1.165, 1.54) is 13.8 Å². The number of halogens is 1. The first-order valence-electron chi connectivity index (χ1n) is 11.2. The molecular formula is C27H24ClN5O6. The summed E-state index contributed by atoms with van der Waals surface area (Å²) in [6.07, 6.45) is 0. The molecule has 0 bridgehead atoms. The van der Waals surface area contributed by atoms with Gasteiger partial charge in [-0.3, -0.25) is 9.59 Å². The number of phenols is 4. The highest BCUT2D eigenvalue weighted by molar-refractivity contribution is 6.32. The van der Waals surface area contributed by atoms with Crippen molar-refractivity contribution in [1.29, 1.82) is 0 Å². The molecular weight excluding hydrogens is 526 g/mol. The number of nitrogens with zero attached hydrogens (tertiary/aromatic N) is 3. The largest absolute Gasteiger partial charge is 0.507 e. The number of anilines is 2. The molecule has 0 atom stereocenters. The van der Waals surface area contributed by atoms with Crippen molar-refractivity contribution in [1.82, 2.24) is 4.98 Å². The number of azo groups is 1. The average Bonchev–Trinajstić information content (AvgIpc) is 2.87. The molecule has 1 aromatic heterocycles. The van der Waals surface area contributed by atoms with Crippen molar-refractivity contribution in [2.45, 2.75) is 13.8 Å². The molecule has 0 spiro atoms. The lowest BCUT2D eigenvalue weighted by Crippen LogP contribution is -2.22. The normalized spacial score (nSPS) is 11.7. The summed E-state index contributed by atoms with van der Waals surface area (Å²) in [4.78, 5) is 29.0. The van der Waals surface area contributed by atoms with Crippen LogP contribution in [0.1, 0.15) is 43.0 Å². The Morgan fingerprint density at radius 1 is 0.692 bits per heavy atom. The van der Waals surface area contributed by atoms with Crippen LogP contribution in [-0.4, -0.2) is 37.0 Å². The highest BCUT2D eigenvalue weighted by atomic mass is 35.5. The van der Waals surface area contributed by atoms with E-state index in [1.807, 2.05) is 30.3 Å². The molecule has 0 unspecified atom stereocenters. The van der Waals surface area contributed by atoms with E-state index in [1.54, 1.807) is 12.1 Å². The number of aromatic hydroxyl groups is 4. The number of hydrogen-bond donors (Lipinski definition) is 6. The summed E-state index contributed by atoms with van der Waals surface area (Å²) in [7, 11) is 0. The minimum Gasteiger partial charge on any atom is -0.507 e. The monoisotopic (exact) mass is 549 g/mol. The molecule has 0 radical (unpaired) electrons. The smallest absolute Gasteiger partial charge is 0.202 e. The quantitative estimate of drug-likeness (QED) is 0.129. The van der Waals surface area contributed by atoms with E-state index in [-0.39, 0.29) is 51.6 Å². The number of hydrogen-bond acceptors (Lipinski definition) is 11. The van der Waals surface area contributed by atoms with Gasteiger partial charge in [-0.05, 0) is 61.4 Å². The molecule has 8 N–H and O–H groups in total. The SMILES string of the molecule is Cc1cc(O)c2c(c1O)C(=O)c1c(O)cc(C)c(O)c1C2=O.Cl.Nc1ccc(N=Nc2ccccc2)c(N)n1. The van der Waals surface area contributed by atoms with Gasteiger partial charge >= 0.3 is 0 Å². The molecule has 5 rings (SSSR count). The fourth-order valence-electron chi connectivity index (χ4n) is 3.90. The van der Waals surface area contributed by atoms with Crippen LogP contribution < -0.4 is 11.5 Å². The van der Waals surface area contributed by atoms with Crippen LogP contribution in [-0.2, 0) is 0 Å². The molecule has 12 heteroatoms. The van der Waals surface area contributed by atoms with Crippen molar-refractivity contribution in [3.8, 4) is 23.0 Å². The van der Waals surface area contributed by atoms with E-state index in [0.29, 0.717) is 11.5 Å². The number of ketones is 2. The van der Waals surface area contributed by atoms with E-state index >= 15 is 0 Å². The van der Waals surface area contributed by atoms with Crippen LogP contribution >= 0.6 is 12.4 Å². The summed E-state index contributed by atoms with van der Waals surface area (Å²) in [5.41, 5.74) is 11.3. The van der Waals surface area contributed by atoms with Crippen LogP contribution in [0.4, 0.5) is 23.0 Å². The number of carbonyl (C=O) groups is 2. The molecule has 0 aliphatic heterocycles. The number of benzene rings is 3. The van der Waals surface area contributed by atoms with Crippen LogP contribution in [0.25, 0.3) is 0 Å². The Labute approximate surface area is 228 Å². The zero-order valence-corrected chi connectivity index (χ0v) is 21.5. The number of carbonyl (C=O) groups excluding carboxylic acids is 2. The number of rotatable bonds is 2. The molecule has 0 saturated carbocycles. The molecule has 0 fully saturated rings. The molecule has 1 aliphatic rings. The maximum absolute atomic E-state index is 12.6. The second kappa shape index (κ2) is 11.1. The topological polar surface area (TPSA) is 205 Å². The lowest BCUT2D eigenvalue weighted by atomic mass is 9.80. The van der Waals surface area contributed by atoms with Gasteiger partial charge in [0.25, 0.3) is 0 Å². The van der Waals surface area contributed by atoms with Crippen molar-refractivity contribution < 1.29 is 30.0 Å². The maximum atomic E-state index is 12.6. The fraction of sp³-hybridized carbons (Fsp3) is 0.0741. The van der Waals surface area contributed by atoms with Gasteiger partial charge in [-0.2, -0.15) is 5.11 Å². The Hall–Kier alpha value is -5.16. The molecule has 39 heavy (non-hydrogen) atoms. The van der Waals surface area contributed by atoms with Crippen LogP contribution in [0.2, 0.25) is 0 Å². The van der Waals surface area contributed by atoms with Gasteiger partial charge < -0.3 is 31.9 Å². The van der Waals surface area contributed by atoms with Crippen molar-refractivity contribution >= 4 is 47.0 Å². The number of nitrogen functional groups attached to an aromatic ring is 2. The van der Waals surface area contributed by atoms with Gasteiger partial charge in [-0.15, -0.1) is 17.5 Å². The Bertz CT molecular complexity index is 1570. The molecule has 11 nitrogen and oxygen atoms in total. The first-order chi connectivity index (χ1) is 18.0. The third-order valence-corrected chi connectivity index (χ3v) is 5.80. The van der Waals surface area contributed by atoms with Crippen LogP contribution in [0.3, 0.4) is 0 Å². The minimum atomic E-state index is -0.825. The number of pyridine rings is 1. The lowest BCUT2D eigenvalue weighted by Gasteiger charge is -2.22. The molecule has 0 saturated heterocycles. The Balaban J connectivity index is 0.000000220. The molecule has 1 aliphatic carbocycles. The zero-order valence-electron chi connectivity index (χ0n) is 20.7. The van der Waals surface area contributed by atoms with Crippen LogP contribution in [0, 0.1) is 13.8 Å². The van der Waals surface area contributed by atoms with Crippen molar-refractivity contribution in [2.75, 3.05) is 11.5 Å². The molecule has 3 aromatic carbocycles. The van der Waals surface area contributed by atoms with Gasteiger partial charge in [-0.25, -0.2) is 4.98 Å². The van der Waals surface area contributed by atoms with E-state index < -0.39 is 34.6 Å². The van der Waals surface area contributed by atoms with Gasteiger partial charge in [0.2, 0.25) is 11.6 Å². The maximum Gasteiger partial charge on any atom is 0.202 e. The highest BCUT2D eigenvalue weighted by Gasteiger charge is 2.39. The molecule has 4 aromatic rings. The summed E-state index contributed by atoms with van der Waals surface area (Å²) in [5, 5.41) is 48.1. The Morgan fingerprint density at radius 3 is 1.64 bits per heavy atom. The second-order valence-electron chi connectivity index (χ2n) is 8.46. The third-order valence-electron chi connectivity index (χ3n) is 5.80. The number of fused-ring (bicyclic) bond motifs is 2. The first-order valence-corrected chi connectivity index (χ1v) is 11.2. The Kier molecular flexibility index (Phi) is 8.06. The van der Waals surface area contributed by atoms with E-state index in [4.69, 9.17) is 11.5 Å². The zero-order chi connectivity index (χ0) is 27.7. The Morgan fingerprint density at radius 2 is 1.18 bits per heavy atom. The standard InChI is InChI=1S/C16H12O6.C11H11N5.ClH/c1-5-3-7(17)9-11(13(5)19)15(21)10-8(18)4-6(2)14(20)12(10)16(9)22;12-10-7-6-9(11(13)14-10)16-15-8-4-2-1-3-5-8;/h3-4,17-20H,1-2H3;1-7H,(H4,12,13,14);1H. The van der Waals surface area contributed by atoms with E-state index in [9.17, 15) is 30.0 Å². The lowest BCUT2D eigenvalue weighted by molar-refractivity contribution is 0.0969. The molecule has 200 valence electrons. The van der Waals surface area contributed by atoms with Crippen molar-refractivity contribution in [2.24, 2.45) is 10.2 Å². The summed E-state index contributed by atoms with van der Waals surface area (Å²) in [5.74, 6) is -2.80. The summed E-state index contributed by atoms with van der Waals surface area (Å²) in [6, 6.07) is 15.0. The van der Waals surface area contributed by atoms with Gasteiger partial charge in [0.05, 0.1) is 27.9 Å². The van der Waals surface area contributed by atoms with Gasteiger partial charge in [0, 0.05) is 0 Å². The van der Waals surface area contributed by atoms with Crippen LogP contribution in [0.15, 0.2) is 64.8 Å². The van der Waals surface area contributed by atoms with Gasteiger partial charge in [0.15, 0.2) is 5.82 Å². The average molecular weight is 550 g/mol. The second-order valence-corrected chi connectivity index (χ2v) is 8.46. The van der Waals surface area contributed by atoms with Crippen LogP contribution in [0.5, 0.6) is 23.0 Å². The molecule has 1 heterocycles. The fourth-order valence-corrected chi connectivity index (χ4v) is 3.90. The first kappa shape index (κ1) is 28.4. The predicted octanol–water partition coefficient (Wildman–Crippen LogP) is 4.98. The number of nitrogens with two attached hydrogens (primary N) is 2.